The third kappa shape index (κ3) is 3.99. The minimum atomic E-state index is -0.0301. The van der Waals surface area contributed by atoms with Gasteiger partial charge in [0.2, 0.25) is 0 Å². The van der Waals surface area contributed by atoms with Gasteiger partial charge in [-0.05, 0) is 27.7 Å². The van der Waals surface area contributed by atoms with E-state index in [0.29, 0.717) is 0 Å². The average molecular weight is 153 g/mol. The minimum absolute atomic E-state index is 0.0301. The summed E-state index contributed by atoms with van der Waals surface area (Å²) in [6.07, 6.45) is 3.80. The van der Waals surface area contributed by atoms with Crippen molar-refractivity contribution in [2.45, 2.75) is 38.8 Å². The van der Waals surface area contributed by atoms with Crippen LogP contribution in [0, 0.1) is 0 Å². The van der Waals surface area contributed by atoms with Crippen molar-refractivity contribution in [1.82, 2.24) is 5.32 Å². The fourth-order valence-electron chi connectivity index (χ4n) is 0.932. The molecule has 1 nitrogen and oxygen atoms in total. The van der Waals surface area contributed by atoms with Crippen LogP contribution in [0.15, 0.2) is 25.3 Å². The first-order valence-electron chi connectivity index (χ1n) is 3.89. The smallest absolute Gasteiger partial charge is 0.0312 e. The van der Waals surface area contributed by atoms with Gasteiger partial charge in [-0.1, -0.05) is 12.2 Å². The quantitative estimate of drug-likeness (QED) is 0.612. The van der Waals surface area contributed by atoms with Crippen LogP contribution in [0.2, 0.25) is 0 Å². The van der Waals surface area contributed by atoms with Crippen LogP contribution in [0.25, 0.3) is 0 Å². The van der Waals surface area contributed by atoms with Gasteiger partial charge in [0, 0.05) is 11.1 Å². The lowest BCUT2D eigenvalue weighted by molar-refractivity contribution is 0.362. The third-order valence-corrected chi connectivity index (χ3v) is 1.66. The van der Waals surface area contributed by atoms with Gasteiger partial charge in [-0.25, -0.2) is 0 Å². The molecule has 64 valence electrons. The molecule has 0 saturated heterocycles. The maximum Gasteiger partial charge on any atom is 0.0312 e. The maximum atomic E-state index is 3.75. The van der Waals surface area contributed by atoms with Gasteiger partial charge in [-0.3, -0.25) is 5.32 Å². The van der Waals surface area contributed by atoms with Crippen molar-refractivity contribution in [2.75, 3.05) is 0 Å². The summed E-state index contributed by atoms with van der Waals surface area (Å²) in [7, 11) is 0. The highest BCUT2D eigenvalue weighted by Crippen LogP contribution is 2.12. The molecule has 0 fully saturated rings. The summed E-state index contributed by atoms with van der Waals surface area (Å²) in [5.74, 6) is 0. The lowest BCUT2D eigenvalue weighted by Gasteiger charge is -2.32. The second-order valence-electron chi connectivity index (χ2n) is 3.98. The molecule has 0 aliphatic carbocycles. The van der Waals surface area contributed by atoms with E-state index in [0.717, 1.165) is 0 Å². The fraction of sp³-hybridized carbons (Fsp3) is 0.600. The Morgan fingerprint density at radius 3 is 1.36 bits per heavy atom. The van der Waals surface area contributed by atoms with Gasteiger partial charge in [0.1, 0.15) is 0 Å². The van der Waals surface area contributed by atoms with E-state index in [9.17, 15) is 0 Å². The number of nitrogens with one attached hydrogen (secondary N) is 1. The first-order chi connectivity index (χ1) is 4.83. The molecule has 0 aromatic carbocycles. The normalized spacial score (nSPS) is 12.7. The molecule has 1 heteroatoms. The summed E-state index contributed by atoms with van der Waals surface area (Å²) in [5, 5.41) is 3.40. The van der Waals surface area contributed by atoms with Crippen LogP contribution in [0.4, 0.5) is 0 Å². The van der Waals surface area contributed by atoms with E-state index in [2.05, 4.69) is 46.2 Å². The highest BCUT2D eigenvalue weighted by atomic mass is 15.0. The number of hydrogen-bond donors (Lipinski definition) is 1. The molecule has 1 N–H and O–H groups in total. The molecule has 0 aromatic heterocycles. The summed E-state index contributed by atoms with van der Waals surface area (Å²) >= 11 is 0. The van der Waals surface area contributed by atoms with Gasteiger partial charge in [0.05, 0.1) is 0 Å². The monoisotopic (exact) mass is 153 g/mol. The van der Waals surface area contributed by atoms with Gasteiger partial charge in [-0.15, -0.1) is 13.2 Å². The van der Waals surface area contributed by atoms with Crippen molar-refractivity contribution in [2.24, 2.45) is 0 Å². The van der Waals surface area contributed by atoms with E-state index in [4.69, 9.17) is 0 Å². The molecular formula is C10H19N. The maximum absolute atomic E-state index is 3.75. The zero-order chi connectivity index (χ0) is 9.12. The summed E-state index contributed by atoms with van der Waals surface area (Å²) < 4.78 is 0. The third-order valence-electron chi connectivity index (χ3n) is 1.66. The van der Waals surface area contributed by atoms with Crippen molar-refractivity contribution in [1.29, 1.82) is 0 Å². The molecule has 0 rings (SSSR count). The van der Waals surface area contributed by atoms with E-state index >= 15 is 0 Å². The van der Waals surface area contributed by atoms with E-state index in [1.807, 2.05) is 12.2 Å². The molecule has 0 bridgehead atoms. The van der Waals surface area contributed by atoms with Crippen molar-refractivity contribution >= 4 is 0 Å². The van der Waals surface area contributed by atoms with Crippen LogP contribution in [0.5, 0.6) is 0 Å². The Morgan fingerprint density at radius 1 is 0.909 bits per heavy atom. The Kier molecular flexibility index (Phi) is 3.06. The predicted octanol–water partition coefficient (Wildman–Crippen LogP) is 2.51. The molecule has 0 unspecified atom stereocenters. The van der Waals surface area contributed by atoms with Crippen LogP contribution in [0.3, 0.4) is 0 Å². The Hall–Kier alpha value is -0.560. The SMILES string of the molecule is C=CC(C)(C)NC(C)(C)C=C. The van der Waals surface area contributed by atoms with E-state index in [1.165, 1.54) is 0 Å². The second-order valence-corrected chi connectivity index (χ2v) is 3.98. The van der Waals surface area contributed by atoms with Gasteiger partial charge in [-0.2, -0.15) is 0 Å². The van der Waals surface area contributed by atoms with Gasteiger partial charge in [0.15, 0.2) is 0 Å². The van der Waals surface area contributed by atoms with Crippen molar-refractivity contribution < 1.29 is 0 Å². The molecule has 0 atom stereocenters. The Morgan fingerprint density at radius 2 is 1.18 bits per heavy atom. The average Bonchev–Trinajstić information content (AvgIpc) is 1.86. The van der Waals surface area contributed by atoms with E-state index in [-0.39, 0.29) is 11.1 Å². The molecule has 11 heavy (non-hydrogen) atoms. The molecule has 0 radical (unpaired) electrons. The lowest BCUT2D eigenvalue weighted by atomic mass is 9.98. The summed E-state index contributed by atoms with van der Waals surface area (Å²) in [6.45, 7) is 15.9. The van der Waals surface area contributed by atoms with Crippen molar-refractivity contribution in [3.63, 3.8) is 0 Å². The molecule has 0 amide bonds. The molecule has 0 saturated carbocycles. The van der Waals surface area contributed by atoms with Crippen LogP contribution in [-0.4, -0.2) is 11.1 Å². The molecule has 0 heterocycles. The van der Waals surface area contributed by atoms with Crippen molar-refractivity contribution in [3.8, 4) is 0 Å². The topological polar surface area (TPSA) is 12.0 Å². The molecule has 0 aliphatic heterocycles. The molecule has 0 aliphatic rings. The first-order valence-corrected chi connectivity index (χ1v) is 3.89. The zero-order valence-electron chi connectivity index (χ0n) is 8.07. The Bertz CT molecular complexity index is 136. The Labute approximate surface area is 70.2 Å². The summed E-state index contributed by atoms with van der Waals surface area (Å²) in [4.78, 5) is 0. The van der Waals surface area contributed by atoms with Gasteiger partial charge >= 0.3 is 0 Å². The van der Waals surface area contributed by atoms with Gasteiger partial charge in [0.25, 0.3) is 0 Å². The van der Waals surface area contributed by atoms with Crippen LogP contribution >= 0.6 is 0 Å². The van der Waals surface area contributed by atoms with E-state index in [1.54, 1.807) is 0 Å². The second kappa shape index (κ2) is 3.22. The van der Waals surface area contributed by atoms with Crippen LogP contribution in [0.1, 0.15) is 27.7 Å². The molecule has 0 aromatic rings. The largest absolute Gasteiger partial charge is 0.300 e. The van der Waals surface area contributed by atoms with E-state index < -0.39 is 0 Å². The van der Waals surface area contributed by atoms with Crippen molar-refractivity contribution in [3.05, 3.63) is 25.3 Å². The highest BCUT2D eigenvalue weighted by Gasteiger charge is 2.21. The summed E-state index contributed by atoms with van der Waals surface area (Å²) in [5.41, 5.74) is -0.0601. The standard InChI is InChI=1S/C10H19N/c1-7-9(3,4)11-10(5,6)8-2/h7-8,11H,1-2H2,3-6H3. The first kappa shape index (κ1) is 10.4. The van der Waals surface area contributed by atoms with Gasteiger partial charge < -0.3 is 0 Å². The highest BCUT2D eigenvalue weighted by molar-refractivity contribution is 5.05. The number of hydrogen-bond acceptors (Lipinski definition) is 1. The minimum Gasteiger partial charge on any atom is -0.300 e. The zero-order valence-corrected chi connectivity index (χ0v) is 8.07. The number of rotatable bonds is 4. The predicted molar refractivity (Wildman–Crippen MR) is 51.7 cm³/mol. The lowest BCUT2D eigenvalue weighted by Crippen LogP contribution is -2.49. The molecule has 0 spiro atoms. The summed E-state index contributed by atoms with van der Waals surface area (Å²) in [6, 6.07) is 0. The van der Waals surface area contributed by atoms with Crippen LogP contribution < -0.4 is 5.32 Å². The Balaban J connectivity index is 4.23. The fourth-order valence-corrected chi connectivity index (χ4v) is 0.932. The molecular weight excluding hydrogens is 134 g/mol. The van der Waals surface area contributed by atoms with Crippen LogP contribution in [-0.2, 0) is 0 Å².